The van der Waals surface area contributed by atoms with Gasteiger partial charge in [0.05, 0.1) is 23.6 Å². The standard InChI is InChI=1S/C19H25FN4O/c20-14-7-8-15-16(12-14)22-19(21-15)17-6-5-11-24(17)18(25)13-23-9-3-1-2-4-10-23/h7-8,12,17H,1-6,9-11,13H2,(H,21,22)/t17-/m0/s1. The third-order valence-electron chi connectivity index (χ3n) is 5.41. The molecule has 2 aliphatic rings. The lowest BCUT2D eigenvalue weighted by atomic mass is 10.2. The molecule has 0 spiro atoms. The van der Waals surface area contributed by atoms with Gasteiger partial charge in [-0.05, 0) is 57.0 Å². The van der Waals surface area contributed by atoms with Crippen LogP contribution in [0.3, 0.4) is 0 Å². The second kappa shape index (κ2) is 7.12. The van der Waals surface area contributed by atoms with Gasteiger partial charge in [-0.25, -0.2) is 9.37 Å². The second-order valence-electron chi connectivity index (χ2n) is 7.22. The van der Waals surface area contributed by atoms with Gasteiger partial charge in [-0.2, -0.15) is 0 Å². The zero-order valence-corrected chi connectivity index (χ0v) is 14.5. The maximum absolute atomic E-state index is 13.4. The molecule has 1 aromatic carbocycles. The van der Waals surface area contributed by atoms with Gasteiger partial charge in [-0.1, -0.05) is 12.8 Å². The Morgan fingerprint density at radius 1 is 1.16 bits per heavy atom. The molecule has 3 heterocycles. The number of H-pyrrole nitrogens is 1. The van der Waals surface area contributed by atoms with Crippen molar-refractivity contribution in [1.29, 1.82) is 0 Å². The summed E-state index contributed by atoms with van der Waals surface area (Å²) >= 11 is 0. The first-order valence-electron chi connectivity index (χ1n) is 9.38. The predicted molar refractivity (Wildman–Crippen MR) is 94.6 cm³/mol. The first-order chi connectivity index (χ1) is 12.2. The molecule has 4 rings (SSSR count). The van der Waals surface area contributed by atoms with Crippen LogP contribution < -0.4 is 0 Å². The van der Waals surface area contributed by atoms with E-state index in [2.05, 4.69) is 14.9 Å². The number of fused-ring (bicyclic) bond motifs is 1. The normalized spacial score (nSPS) is 22.4. The lowest BCUT2D eigenvalue weighted by Gasteiger charge is -2.27. The van der Waals surface area contributed by atoms with Gasteiger partial charge in [-0.15, -0.1) is 0 Å². The minimum Gasteiger partial charge on any atom is -0.340 e. The van der Waals surface area contributed by atoms with Crippen LogP contribution in [0, 0.1) is 5.82 Å². The highest BCUT2D eigenvalue weighted by Gasteiger charge is 2.32. The Kier molecular flexibility index (Phi) is 4.70. The lowest BCUT2D eigenvalue weighted by molar-refractivity contribution is -0.133. The third-order valence-corrected chi connectivity index (χ3v) is 5.41. The van der Waals surface area contributed by atoms with Crippen molar-refractivity contribution in [3.63, 3.8) is 0 Å². The van der Waals surface area contributed by atoms with Crippen molar-refractivity contribution < 1.29 is 9.18 Å². The van der Waals surface area contributed by atoms with Crippen molar-refractivity contribution in [3.05, 3.63) is 29.8 Å². The van der Waals surface area contributed by atoms with Crippen LogP contribution in [0.5, 0.6) is 0 Å². The minimum atomic E-state index is -0.275. The van der Waals surface area contributed by atoms with Crippen LogP contribution in [-0.4, -0.2) is 51.9 Å². The Morgan fingerprint density at radius 2 is 1.96 bits per heavy atom. The Morgan fingerprint density at radius 3 is 2.76 bits per heavy atom. The molecule has 0 saturated carbocycles. The number of halogens is 1. The number of aromatic amines is 1. The molecular weight excluding hydrogens is 319 g/mol. The number of hydrogen-bond acceptors (Lipinski definition) is 3. The smallest absolute Gasteiger partial charge is 0.237 e. The summed E-state index contributed by atoms with van der Waals surface area (Å²) in [6.07, 6.45) is 6.81. The van der Waals surface area contributed by atoms with Crippen LogP contribution in [0.15, 0.2) is 18.2 Å². The van der Waals surface area contributed by atoms with Crippen LogP contribution >= 0.6 is 0 Å². The maximum atomic E-state index is 13.4. The highest BCUT2D eigenvalue weighted by atomic mass is 19.1. The van der Waals surface area contributed by atoms with Gasteiger partial charge in [0.1, 0.15) is 11.6 Å². The van der Waals surface area contributed by atoms with Crippen LogP contribution in [-0.2, 0) is 4.79 Å². The molecule has 0 bridgehead atoms. The largest absolute Gasteiger partial charge is 0.340 e. The number of likely N-dealkylation sites (tertiary alicyclic amines) is 2. The number of rotatable bonds is 3. The molecule has 1 aromatic heterocycles. The first kappa shape index (κ1) is 16.5. The van der Waals surface area contributed by atoms with Gasteiger partial charge < -0.3 is 9.88 Å². The van der Waals surface area contributed by atoms with E-state index in [0.29, 0.717) is 12.1 Å². The van der Waals surface area contributed by atoms with E-state index in [4.69, 9.17) is 0 Å². The van der Waals surface area contributed by atoms with E-state index < -0.39 is 0 Å². The van der Waals surface area contributed by atoms with Crippen LogP contribution in [0.1, 0.15) is 50.4 Å². The number of imidazole rings is 1. The van der Waals surface area contributed by atoms with Gasteiger partial charge in [0, 0.05) is 6.54 Å². The fourth-order valence-electron chi connectivity index (χ4n) is 4.09. The van der Waals surface area contributed by atoms with E-state index in [1.807, 2.05) is 4.90 Å². The van der Waals surface area contributed by atoms with E-state index in [1.54, 1.807) is 6.07 Å². The number of benzene rings is 1. The van der Waals surface area contributed by atoms with Crippen molar-refractivity contribution in [2.75, 3.05) is 26.2 Å². The molecule has 0 radical (unpaired) electrons. The first-order valence-corrected chi connectivity index (χ1v) is 9.38. The van der Waals surface area contributed by atoms with Crippen LogP contribution in [0.2, 0.25) is 0 Å². The van der Waals surface area contributed by atoms with E-state index in [0.717, 1.165) is 43.8 Å². The summed E-state index contributed by atoms with van der Waals surface area (Å²) in [5.74, 6) is 0.696. The maximum Gasteiger partial charge on any atom is 0.237 e. The van der Waals surface area contributed by atoms with E-state index in [9.17, 15) is 9.18 Å². The van der Waals surface area contributed by atoms with E-state index in [-0.39, 0.29) is 17.8 Å². The number of aromatic nitrogens is 2. The molecule has 2 saturated heterocycles. The average molecular weight is 344 g/mol. The fourth-order valence-corrected chi connectivity index (χ4v) is 4.09. The Hall–Kier alpha value is -1.95. The number of hydrogen-bond donors (Lipinski definition) is 1. The zero-order chi connectivity index (χ0) is 17.2. The summed E-state index contributed by atoms with van der Waals surface area (Å²) in [6.45, 7) is 3.33. The molecule has 25 heavy (non-hydrogen) atoms. The number of amides is 1. The van der Waals surface area contributed by atoms with Gasteiger partial charge in [0.25, 0.3) is 0 Å². The van der Waals surface area contributed by atoms with Gasteiger partial charge in [0.15, 0.2) is 0 Å². The Bertz CT molecular complexity index is 751. The molecule has 5 nitrogen and oxygen atoms in total. The molecule has 2 fully saturated rings. The van der Waals surface area contributed by atoms with Gasteiger partial charge in [0.2, 0.25) is 5.91 Å². The topological polar surface area (TPSA) is 52.2 Å². The van der Waals surface area contributed by atoms with Crippen LogP contribution in [0.4, 0.5) is 4.39 Å². The Labute approximate surface area is 147 Å². The number of nitrogens with one attached hydrogen (secondary N) is 1. The highest BCUT2D eigenvalue weighted by molar-refractivity contribution is 5.79. The van der Waals surface area contributed by atoms with Crippen molar-refractivity contribution in [1.82, 2.24) is 19.8 Å². The van der Waals surface area contributed by atoms with Crippen molar-refractivity contribution in [2.45, 2.75) is 44.6 Å². The second-order valence-corrected chi connectivity index (χ2v) is 7.22. The summed E-state index contributed by atoms with van der Waals surface area (Å²) in [5.41, 5.74) is 1.45. The molecule has 134 valence electrons. The monoisotopic (exact) mass is 344 g/mol. The molecule has 1 amide bonds. The van der Waals surface area contributed by atoms with Crippen molar-refractivity contribution in [3.8, 4) is 0 Å². The predicted octanol–water partition coefficient (Wildman–Crippen LogP) is 3.24. The van der Waals surface area contributed by atoms with Gasteiger partial charge >= 0.3 is 0 Å². The minimum absolute atomic E-state index is 0.0186. The zero-order valence-electron chi connectivity index (χ0n) is 14.5. The molecule has 0 unspecified atom stereocenters. The summed E-state index contributed by atoms with van der Waals surface area (Å²) in [4.78, 5) is 24.9. The number of nitrogens with zero attached hydrogens (tertiary/aromatic N) is 3. The summed E-state index contributed by atoms with van der Waals surface area (Å²) in [5, 5.41) is 0. The van der Waals surface area contributed by atoms with Gasteiger partial charge in [-0.3, -0.25) is 9.69 Å². The SMILES string of the molecule is O=C(CN1CCCCCC1)N1CCC[C@H]1c1nc2ccc(F)cc2[nH]1. The van der Waals surface area contributed by atoms with E-state index in [1.165, 1.54) is 37.8 Å². The molecule has 1 atom stereocenters. The van der Waals surface area contributed by atoms with E-state index >= 15 is 0 Å². The fraction of sp³-hybridized carbons (Fsp3) is 0.579. The molecular formula is C19H25FN4O. The molecule has 0 aliphatic carbocycles. The molecule has 6 heteroatoms. The van der Waals surface area contributed by atoms with Crippen LogP contribution in [0.25, 0.3) is 11.0 Å². The summed E-state index contributed by atoms with van der Waals surface area (Å²) in [6, 6.07) is 4.55. The molecule has 1 N–H and O–H groups in total. The Balaban J connectivity index is 1.49. The quantitative estimate of drug-likeness (QED) is 0.930. The van der Waals surface area contributed by atoms with Crippen molar-refractivity contribution in [2.24, 2.45) is 0 Å². The third kappa shape index (κ3) is 3.54. The summed E-state index contributed by atoms with van der Waals surface area (Å²) in [7, 11) is 0. The number of carbonyl (C=O) groups excluding carboxylic acids is 1. The lowest BCUT2D eigenvalue weighted by Crippen LogP contribution is -2.40. The average Bonchev–Trinajstić information content (AvgIpc) is 3.16. The molecule has 2 aliphatic heterocycles. The summed E-state index contributed by atoms with van der Waals surface area (Å²) < 4.78 is 13.4. The highest BCUT2D eigenvalue weighted by Crippen LogP contribution is 2.31. The molecule has 2 aromatic rings. The number of carbonyl (C=O) groups is 1. The van der Waals surface area contributed by atoms with Crippen molar-refractivity contribution >= 4 is 16.9 Å².